The summed E-state index contributed by atoms with van der Waals surface area (Å²) in [6.07, 6.45) is 3.76. The highest BCUT2D eigenvalue weighted by Gasteiger charge is 2.41. The fourth-order valence-corrected chi connectivity index (χ4v) is 3.09. The van der Waals surface area contributed by atoms with E-state index in [1.807, 2.05) is 38.1 Å². The Morgan fingerprint density at radius 1 is 1.19 bits per heavy atom. The first-order valence-corrected chi connectivity index (χ1v) is 7.84. The largest absolute Gasteiger partial charge is 0.302 e. The third-order valence-electron chi connectivity index (χ3n) is 5.15. The van der Waals surface area contributed by atoms with Crippen molar-refractivity contribution in [3.05, 3.63) is 35.4 Å². The third-order valence-corrected chi connectivity index (χ3v) is 5.15. The summed E-state index contributed by atoms with van der Waals surface area (Å²) >= 11 is 0. The van der Waals surface area contributed by atoms with Gasteiger partial charge in [0.25, 0.3) is 0 Å². The first-order chi connectivity index (χ1) is 9.85. The van der Waals surface area contributed by atoms with E-state index >= 15 is 0 Å². The van der Waals surface area contributed by atoms with Crippen LogP contribution >= 0.6 is 0 Å². The minimum absolute atomic E-state index is 0.0786. The van der Waals surface area contributed by atoms with Crippen LogP contribution in [0.5, 0.6) is 0 Å². The predicted molar refractivity (Wildman–Crippen MR) is 87.9 cm³/mol. The fourth-order valence-electron chi connectivity index (χ4n) is 3.09. The molecule has 1 aromatic rings. The summed E-state index contributed by atoms with van der Waals surface area (Å²) in [4.78, 5) is 17.1. The van der Waals surface area contributed by atoms with Crippen LogP contribution in [0, 0.1) is 6.92 Å². The van der Waals surface area contributed by atoms with E-state index in [1.54, 1.807) is 0 Å². The SMILES string of the molecule is Cc1ccc(C(=O)C(C)N(C)CC2(N(C)C)CCC2)cc1. The summed E-state index contributed by atoms with van der Waals surface area (Å²) in [6, 6.07) is 7.81. The van der Waals surface area contributed by atoms with Crippen molar-refractivity contribution in [2.75, 3.05) is 27.7 Å². The van der Waals surface area contributed by atoms with E-state index < -0.39 is 0 Å². The molecule has 1 fully saturated rings. The zero-order valence-electron chi connectivity index (χ0n) is 14.0. The number of carbonyl (C=O) groups is 1. The normalized spacial score (nSPS) is 18.6. The van der Waals surface area contributed by atoms with Crippen LogP contribution in [0.4, 0.5) is 0 Å². The van der Waals surface area contributed by atoms with Crippen molar-refractivity contribution in [1.82, 2.24) is 9.80 Å². The first kappa shape index (κ1) is 16.2. The first-order valence-electron chi connectivity index (χ1n) is 7.84. The Morgan fingerprint density at radius 2 is 1.76 bits per heavy atom. The van der Waals surface area contributed by atoms with Crippen LogP contribution in [0.25, 0.3) is 0 Å². The van der Waals surface area contributed by atoms with Gasteiger partial charge in [-0.2, -0.15) is 0 Å². The molecule has 0 bridgehead atoms. The van der Waals surface area contributed by atoms with Crippen molar-refractivity contribution >= 4 is 5.78 Å². The number of benzene rings is 1. The monoisotopic (exact) mass is 288 g/mol. The van der Waals surface area contributed by atoms with Crippen LogP contribution in [-0.4, -0.2) is 54.9 Å². The van der Waals surface area contributed by atoms with Gasteiger partial charge >= 0.3 is 0 Å². The highest BCUT2D eigenvalue weighted by molar-refractivity contribution is 5.99. The zero-order chi connectivity index (χ0) is 15.6. The van der Waals surface area contributed by atoms with Gasteiger partial charge in [0.2, 0.25) is 0 Å². The highest BCUT2D eigenvalue weighted by Crippen LogP contribution is 2.37. The van der Waals surface area contributed by atoms with E-state index in [9.17, 15) is 4.79 Å². The molecular weight excluding hydrogens is 260 g/mol. The number of aryl methyl sites for hydroxylation is 1. The van der Waals surface area contributed by atoms with Gasteiger partial charge < -0.3 is 4.90 Å². The van der Waals surface area contributed by atoms with E-state index in [1.165, 1.54) is 24.8 Å². The van der Waals surface area contributed by atoms with Gasteiger partial charge in [-0.25, -0.2) is 0 Å². The van der Waals surface area contributed by atoms with Gasteiger partial charge in [-0.15, -0.1) is 0 Å². The third kappa shape index (κ3) is 3.35. The minimum Gasteiger partial charge on any atom is -0.302 e. The second-order valence-electron chi connectivity index (χ2n) is 6.79. The molecule has 0 saturated heterocycles. The van der Waals surface area contributed by atoms with E-state index in [4.69, 9.17) is 0 Å². The molecule has 0 aromatic heterocycles. The number of carbonyl (C=O) groups excluding carboxylic acids is 1. The summed E-state index contributed by atoms with van der Waals surface area (Å²) in [5, 5.41) is 0. The molecule has 3 heteroatoms. The van der Waals surface area contributed by atoms with E-state index in [2.05, 4.69) is 30.9 Å². The Hall–Kier alpha value is -1.19. The topological polar surface area (TPSA) is 23.6 Å². The number of likely N-dealkylation sites (N-methyl/N-ethyl adjacent to an activating group) is 2. The molecule has 0 amide bonds. The second-order valence-corrected chi connectivity index (χ2v) is 6.79. The summed E-state index contributed by atoms with van der Waals surface area (Å²) in [7, 11) is 6.37. The molecule has 1 unspecified atom stereocenters. The molecule has 1 aliphatic carbocycles. The predicted octanol–water partition coefficient (Wildman–Crippen LogP) is 2.98. The molecule has 3 nitrogen and oxygen atoms in total. The van der Waals surface area contributed by atoms with Gasteiger partial charge in [0.05, 0.1) is 6.04 Å². The Labute approximate surface area is 128 Å². The number of rotatable bonds is 6. The lowest BCUT2D eigenvalue weighted by Crippen LogP contribution is -2.58. The van der Waals surface area contributed by atoms with E-state index in [0.29, 0.717) is 0 Å². The lowest BCUT2D eigenvalue weighted by molar-refractivity contribution is 0.0187. The number of Topliss-reactive ketones (excluding diaryl/α,β-unsaturated/α-hetero) is 1. The Bertz CT molecular complexity index is 488. The lowest BCUT2D eigenvalue weighted by atomic mass is 9.75. The Kier molecular flexibility index (Phi) is 4.84. The van der Waals surface area contributed by atoms with Crippen LogP contribution in [0.1, 0.15) is 42.1 Å². The van der Waals surface area contributed by atoms with Crippen molar-refractivity contribution < 1.29 is 4.79 Å². The molecule has 0 N–H and O–H groups in total. The molecule has 0 heterocycles. The summed E-state index contributed by atoms with van der Waals surface area (Å²) in [5.41, 5.74) is 2.26. The van der Waals surface area contributed by atoms with Gasteiger partial charge in [-0.1, -0.05) is 29.8 Å². The maximum atomic E-state index is 12.6. The number of hydrogen-bond acceptors (Lipinski definition) is 3. The van der Waals surface area contributed by atoms with Crippen molar-refractivity contribution in [1.29, 1.82) is 0 Å². The van der Waals surface area contributed by atoms with Gasteiger partial charge in [0.1, 0.15) is 0 Å². The Morgan fingerprint density at radius 3 is 2.19 bits per heavy atom. The molecule has 1 saturated carbocycles. The number of ketones is 1. The average Bonchev–Trinajstić information content (AvgIpc) is 2.41. The molecule has 0 spiro atoms. The summed E-state index contributed by atoms with van der Waals surface area (Å²) < 4.78 is 0. The summed E-state index contributed by atoms with van der Waals surface area (Å²) in [5.74, 6) is 0.214. The van der Waals surface area contributed by atoms with E-state index in [-0.39, 0.29) is 17.4 Å². The molecule has 21 heavy (non-hydrogen) atoms. The van der Waals surface area contributed by atoms with Gasteiger partial charge in [0, 0.05) is 17.6 Å². The summed E-state index contributed by atoms with van der Waals surface area (Å²) in [6.45, 7) is 5.02. The van der Waals surface area contributed by atoms with Crippen molar-refractivity contribution in [2.45, 2.75) is 44.7 Å². The standard InChI is InChI=1S/C18H28N2O/c1-14-7-9-16(10-8-14)17(21)15(2)20(5)13-18(19(3)4)11-6-12-18/h7-10,15H,6,11-13H2,1-5H3. The molecule has 1 aliphatic rings. The minimum atomic E-state index is -0.0786. The van der Waals surface area contributed by atoms with E-state index in [0.717, 1.165) is 12.1 Å². The van der Waals surface area contributed by atoms with Gasteiger partial charge in [-0.05, 0) is 54.3 Å². The molecule has 1 aromatic carbocycles. The van der Waals surface area contributed by atoms with Crippen LogP contribution in [0.15, 0.2) is 24.3 Å². The maximum absolute atomic E-state index is 12.6. The number of hydrogen-bond donors (Lipinski definition) is 0. The molecular formula is C18H28N2O. The smallest absolute Gasteiger partial charge is 0.179 e. The molecule has 0 radical (unpaired) electrons. The van der Waals surface area contributed by atoms with Gasteiger partial charge in [-0.3, -0.25) is 9.69 Å². The van der Waals surface area contributed by atoms with Crippen LogP contribution < -0.4 is 0 Å². The molecule has 116 valence electrons. The Balaban J connectivity index is 2.03. The van der Waals surface area contributed by atoms with Crippen LogP contribution in [0.3, 0.4) is 0 Å². The van der Waals surface area contributed by atoms with Crippen LogP contribution in [-0.2, 0) is 0 Å². The highest BCUT2D eigenvalue weighted by atomic mass is 16.1. The number of nitrogens with zero attached hydrogens (tertiary/aromatic N) is 2. The average molecular weight is 288 g/mol. The molecule has 1 atom stereocenters. The van der Waals surface area contributed by atoms with Crippen molar-refractivity contribution in [3.8, 4) is 0 Å². The second kappa shape index (κ2) is 6.29. The zero-order valence-corrected chi connectivity index (χ0v) is 14.0. The quantitative estimate of drug-likeness (QED) is 0.752. The van der Waals surface area contributed by atoms with Gasteiger partial charge in [0.15, 0.2) is 5.78 Å². The fraction of sp³-hybridized carbons (Fsp3) is 0.611. The molecule has 2 rings (SSSR count). The van der Waals surface area contributed by atoms with Crippen molar-refractivity contribution in [3.63, 3.8) is 0 Å². The van der Waals surface area contributed by atoms with Crippen molar-refractivity contribution in [2.24, 2.45) is 0 Å². The lowest BCUT2D eigenvalue weighted by Gasteiger charge is -2.50. The van der Waals surface area contributed by atoms with Crippen LogP contribution in [0.2, 0.25) is 0 Å². The molecule has 0 aliphatic heterocycles. The maximum Gasteiger partial charge on any atom is 0.179 e.